The van der Waals surface area contributed by atoms with E-state index < -0.39 is 0 Å². The van der Waals surface area contributed by atoms with Crippen LogP contribution in [-0.4, -0.2) is 32.8 Å². The molecule has 3 atom stereocenters. The van der Waals surface area contributed by atoms with Crippen molar-refractivity contribution in [2.75, 3.05) is 25.6 Å². The fraction of sp³-hybridized carbons (Fsp3) is 0.625. The Bertz CT molecular complexity index is 433. The van der Waals surface area contributed by atoms with E-state index in [4.69, 9.17) is 4.74 Å². The smallest absolute Gasteiger partial charge is 0.121 e. The number of nitrogens with zero attached hydrogens (tertiary/aromatic N) is 1. The first-order valence-electron chi connectivity index (χ1n) is 7.17. The van der Waals surface area contributed by atoms with Gasteiger partial charge in [0.15, 0.2) is 0 Å². The molecule has 106 valence electrons. The van der Waals surface area contributed by atoms with E-state index in [0.29, 0.717) is 18.0 Å². The van der Waals surface area contributed by atoms with Gasteiger partial charge in [-0.2, -0.15) is 0 Å². The first kappa shape index (κ1) is 14.2. The summed E-state index contributed by atoms with van der Waals surface area (Å²) in [5.74, 6) is 1.62. The summed E-state index contributed by atoms with van der Waals surface area (Å²) in [6.07, 6.45) is 1.20. The number of nitrogens with one attached hydrogen (secondary N) is 1. The molecule has 0 amide bonds. The van der Waals surface area contributed by atoms with Crippen molar-refractivity contribution in [2.45, 2.75) is 39.3 Å². The van der Waals surface area contributed by atoms with Gasteiger partial charge in [-0.15, -0.1) is 0 Å². The number of benzene rings is 1. The van der Waals surface area contributed by atoms with Gasteiger partial charge < -0.3 is 15.0 Å². The second-order valence-corrected chi connectivity index (χ2v) is 5.63. The summed E-state index contributed by atoms with van der Waals surface area (Å²) in [6.45, 7) is 7.89. The fourth-order valence-corrected chi connectivity index (χ4v) is 3.18. The second-order valence-electron chi connectivity index (χ2n) is 5.63. The Morgan fingerprint density at radius 2 is 2.05 bits per heavy atom. The van der Waals surface area contributed by atoms with Crippen molar-refractivity contribution in [2.24, 2.45) is 5.92 Å². The molecule has 1 aromatic rings. The van der Waals surface area contributed by atoms with Crippen LogP contribution in [-0.2, 0) is 0 Å². The second kappa shape index (κ2) is 5.83. The highest BCUT2D eigenvalue weighted by atomic mass is 16.5. The average Bonchev–Trinajstić information content (AvgIpc) is 2.41. The Morgan fingerprint density at radius 1 is 1.32 bits per heavy atom. The van der Waals surface area contributed by atoms with Crippen molar-refractivity contribution in [1.82, 2.24) is 5.32 Å². The molecule has 3 heteroatoms. The SMILES string of the molecule is CNC1CCN(c2ccc(OC)c(C)c2)C(C)C1C. The third kappa shape index (κ3) is 2.71. The van der Waals surface area contributed by atoms with E-state index in [1.165, 1.54) is 17.7 Å². The lowest BCUT2D eigenvalue weighted by Gasteiger charge is -2.44. The standard InChI is InChI=1S/C16H26N2O/c1-11-10-14(6-7-16(11)19-5)18-9-8-15(17-4)12(2)13(18)3/h6-7,10,12-13,15,17H,8-9H2,1-5H3. The van der Waals surface area contributed by atoms with Crippen LogP contribution in [0.2, 0.25) is 0 Å². The van der Waals surface area contributed by atoms with Gasteiger partial charge in [-0.05, 0) is 57.0 Å². The molecule has 3 unspecified atom stereocenters. The van der Waals surface area contributed by atoms with Gasteiger partial charge in [0.2, 0.25) is 0 Å². The number of rotatable bonds is 3. The molecule has 1 N–H and O–H groups in total. The van der Waals surface area contributed by atoms with Gasteiger partial charge in [0.25, 0.3) is 0 Å². The van der Waals surface area contributed by atoms with Crippen LogP contribution >= 0.6 is 0 Å². The first-order valence-corrected chi connectivity index (χ1v) is 7.17. The molecule has 1 aliphatic heterocycles. The molecule has 1 fully saturated rings. The number of aryl methyl sites for hydroxylation is 1. The van der Waals surface area contributed by atoms with Crippen LogP contribution in [0.15, 0.2) is 18.2 Å². The zero-order valence-electron chi connectivity index (χ0n) is 12.7. The molecule has 3 nitrogen and oxygen atoms in total. The van der Waals surface area contributed by atoms with E-state index in [1.54, 1.807) is 7.11 Å². The normalized spacial score (nSPS) is 27.4. The van der Waals surface area contributed by atoms with Crippen molar-refractivity contribution >= 4 is 5.69 Å². The maximum atomic E-state index is 5.34. The van der Waals surface area contributed by atoms with Gasteiger partial charge >= 0.3 is 0 Å². The van der Waals surface area contributed by atoms with Crippen molar-refractivity contribution in [1.29, 1.82) is 0 Å². The van der Waals surface area contributed by atoms with Gasteiger partial charge in [0, 0.05) is 24.3 Å². The van der Waals surface area contributed by atoms with Crippen molar-refractivity contribution < 1.29 is 4.74 Å². The Balaban J connectivity index is 2.20. The summed E-state index contributed by atoms with van der Waals surface area (Å²) in [5, 5.41) is 3.44. The van der Waals surface area contributed by atoms with Crippen LogP contribution in [0.25, 0.3) is 0 Å². The van der Waals surface area contributed by atoms with Gasteiger partial charge in [0.1, 0.15) is 5.75 Å². The maximum Gasteiger partial charge on any atom is 0.121 e. The molecule has 1 aromatic carbocycles. The molecule has 0 aliphatic carbocycles. The molecule has 0 bridgehead atoms. The van der Waals surface area contributed by atoms with E-state index in [1.807, 2.05) is 0 Å². The van der Waals surface area contributed by atoms with Gasteiger partial charge in [-0.25, -0.2) is 0 Å². The highest BCUT2D eigenvalue weighted by molar-refractivity contribution is 5.54. The van der Waals surface area contributed by atoms with Crippen LogP contribution in [0, 0.1) is 12.8 Å². The molecule has 0 aromatic heterocycles. The lowest BCUT2D eigenvalue weighted by atomic mass is 9.86. The lowest BCUT2D eigenvalue weighted by Crippen LogP contribution is -2.52. The summed E-state index contributed by atoms with van der Waals surface area (Å²) >= 11 is 0. The highest BCUT2D eigenvalue weighted by Gasteiger charge is 2.31. The monoisotopic (exact) mass is 262 g/mol. The quantitative estimate of drug-likeness (QED) is 0.906. The Morgan fingerprint density at radius 3 is 2.63 bits per heavy atom. The van der Waals surface area contributed by atoms with Crippen LogP contribution in [0.1, 0.15) is 25.8 Å². The molecule has 19 heavy (non-hydrogen) atoms. The number of methoxy groups -OCH3 is 1. The highest BCUT2D eigenvalue weighted by Crippen LogP contribution is 2.31. The number of ether oxygens (including phenoxy) is 1. The predicted octanol–water partition coefficient (Wildman–Crippen LogP) is 2.83. The zero-order valence-corrected chi connectivity index (χ0v) is 12.7. The summed E-state index contributed by atoms with van der Waals surface area (Å²) in [6, 6.07) is 7.67. The topological polar surface area (TPSA) is 24.5 Å². The Hall–Kier alpha value is -1.22. The number of piperidine rings is 1. The fourth-order valence-electron chi connectivity index (χ4n) is 3.18. The number of hydrogen-bond acceptors (Lipinski definition) is 3. The third-order valence-electron chi connectivity index (χ3n) is 4.65. The summed E-state index contributed by atoms with van der Waals surface area (Å²) in [4.78, 5) is 2.52. The molecule has 0 saturated carbocycles. The summed E-state index contributed by atoms with van der Waals surface area (Å²) in [7, 11) is 3.80. The largest absolute Gasteiger partial charge is 0.496 e. The van der Waals surface area contributed by atoms with Gasteiger partial charge in [-0.1, -0.05) is 6.92 Å². The lowest BCUT2D eigenvalue weighted by molar-refractivity contribution is 0.282. The van der Waals surface area contributed by atoms with Crippen molar-refractivity contribution in [3.63, 3.8) is 0 Å². The molecular formula is C16H26N2O. The summed E-state index contributed by atoms with van der Waals surface area (Å²) in [5.41, 5.74) is 2.52. The third-order valence-corrected chi connectivity index (χ3v) is 4.65. The molecular weight excluding hydrogens is 236 g/mol. The van der Waals surface area contributed by atoms with E-state index >= 15 is 0 Å². The van der Waals surface area contributed by atoms with E-state index in [0.717, 1.165) is 12.3 Å². The van der Waals surface area contributed by atoms with Crippen LogP contribution in [0.5, 0.6) is 5.75 Å². The van der Waals surface area contributed by atoms with Crippen LogP contribution in [0.4, 0.5) is 5.69 Å². The van der Waals surface area contributed by atoms with Gasteiger partial charge in [-0.3, -0.25) is 0 Å². The minimum Gasteiger partial charge on any atom is -0.496 e. The Kier molecular flexibility index (Phi) is 4.35. The van der Waals surface area contributed by atoms with E-state index in [-0.39, 0.29) is 0 Å². The summed E-state index contributed by atoms with van der Waals surface area (Å²) < 4.78 is 5.34. The molecule has 1 saturated heterocycles. The first-order chi connectivity index (χ1) is 9.08. The molecule has 1 aliphatic rings. The molecule has 2 rings (SSSR count). The Labute approximate surface area is 116 Å². The van der Waals surface area contributed by atoms with Crippen LogP contribution < -0.4 is 15.0 Å². The zero-order chi connectivity index (χ0) is 14.0. The van der Waals surface area contributed by atoms with Crippen molar-refractivity contribution in [3.8, 4) is 5.75 Å². The minimum atomic E-state index is 0.555. The van der Waals surface area contributed by atoms with Crippen molar-refractivity contribution in [3.05, 3.63) is 23.8 Å². The molecule has 0 radical (unpaired) electrons. The van der Waals surface area contributed by atoms with E-state index in [2.05, 4.69) is 56.2 Å². The number of anilines is 1. The average molecular weight is 262 g/mol. The minimum absolute atomic E-state index is 0.555. The molecule has 0 spiro atoms. The number of hydrogen-bond donors (Lipinski definition) is 1. The molecule has 1 heterocycles. The predicted molar refractivity (Wildman–Crippen MR) is 81.2 cm³/mol. The van der Waals surface area contributed by atoms with Crippen LogP contribution in [0.3, 0.4) is 0 Å². The van der Waals surface area contributed by atoms with Gasteiger partial charge in [0.05, 0.1) is 7.11 Å². The maximum absolute atomic E-state index is 5.34. The van der Waals surface area contributed by atoms with E-state index in [9.17, 15) is 0 Å².